The normalized spacial score (nSPS) is 11.4. The van der Waals surface area contributed by atoms with E-state index in [1.54, 1.807) is 0 Å². The molecule has 0 aliphatic rings. The third-order valence-corrected chi connectivity index (χ3v) is 2.94. The molecule has 0 saturated heterocycles. The van der Waals surface area contributed by atoms with Gasteiger partial charge in [-0.1, -0.05) is 0 Å². The van der Waals surface area contributed by atoms with Crippen LogP contribution in [0.25, 0.3) is 17.0 Å². The highest BCUT2D eigenvalue weighted by Gasteiger charge is 2.18. The SMILES string of the molecule is Fc1cnc(Cl)nc1-c1cnc2c(C(F)F)cccn12. The monoisotopic (exact) mass is 298 g/mol. The lowest BCUT2D eigenvalue weighted by Gasteiger charge is -2.05. The number of hydrogen-bond donors (Lipinski definition) is 0. The Kier molecular flexibility index (Phi) is 3.06. The molecule has 0 radical (unpaired) electrons. The standard InChI is InChI=1S/C12H6ClF3N4/c13-12-18-4-7(14)9(19-12)8-5-17-11-6(10(15)16)2-1-3-20(8)11/h1-5,10H. The number of fused-ring (bicyclic) bond motifs is 1. The zero-order valence-electron chi connectivity index (χ0n) is 9.76. The number of alkyl halides is 2. The summed E-state index contributed by atoms with van der Waals surface area (Å²) in [7, 11) is 0. The van der Waals surface area contributed by atoms with E-state index in [0.29, 0.717) is 0 Å². The molecule has 0 fully saturated rings. The van der Waals surface area contributed by atoms with Gasteiger partial charge < -0.3 is 0 Å². The number of pyridine rings is 1. The number of aromatic nitrogens is 4. The average Bonchev–Trinajstić information content (AvgIpc) is 2.85. The van der Waals surface area contributed by atoms with E-state index < -0.39 is 12.2 Å². The Hall–Kier alpha value is -2.15. The highest BCUT2D eigenvalue weighted by molar-refractivity contribution is 6.28. The van der Waals surface area contributed by atoms with Gasteiger partial charge in [0.1, 0.15) is 11.3 Å². The Balaban J connectivity index is 2.28. The van der Waals surface area contributed by atoms with Crippen molar-refractivity contribution in [2.45, 2.75) is 6.43 Å². The maximum Gasteiger partial charge on any atom is 0.267 e. The van der Waals surface area contributed by atoms with Crippen molar-refractivity contribution in [3.8, 4) is 11.4 Å². The fourth-order valence-electron chi connectivity index (χ4n) is 1.90. The highest BCUT2D eigenvalue weighted by atomic mass is 35.5. The van der Waals surface area contributed by atoms with Crippen LogP contribution < -0.4 is 0 Å². The lowest BCUT2D eigenvalue weighted by molar-refractivity contribution is 0.152. The molecule has 3 heterocycles. The summed E-state index contributed by atoms with van der Waals surface area (Å²) in [4.78, 5) is 11.2. The number of halogens is 4. The minimum Gasteiger partial charge on any atom is -0.298 e. The molecule has 0 N–H and O–H groups in total. The molecule has 0 unspecified atom stereocenters. The fraction of sp³-hybridized carbons (Fsp3) is 0.0833. The number of hydrogen-bond acceptors (Lipinski definition) is 3. The van der Waals surface area contributed by atoms with Crippen LogP contribution in [0.2, 0.25) is 5.28 Å². The van der Waals surface area contributed by atoms with Gasteiger partial charge in [-0.05, 0) is 23.7 Å². The van der Waals surface area contributed by atoms with E-state index in [0.717, 1.165) is 6.20 Å². The second kappa shape index (κ2) is 4.75. The van der Waals surface area contributed by atoms with Gasteiger partial charge in [-0.25, -0.2) is 28.1 Å². The topological polar surface area (TPSA) is 43.1 Å². The first-order valence-corrected chi connectivity index (χ1v) is 5.88. The van der Waals surface area contributed by atoms with Crippen LogP contribution in [0.15, 0.2) is 30.7 Å². The molecule has 0 saturated carbocycles. The summed E-state index contributed by atoms with van der Waals surface area (Å²) in [6.07, 6.45) is 1.01. The van der Waals surface area contributed by atoms with Crippen molar-refractivity contribution < 1.29 is 13.2 Å². The van der Waals surface area contributed by atoms with Gasteiger partial charge in [-0.15, -0.1) is 0 Å². The molecule has 0 spiro atoms. The number of imidazole rings is 1. The van der Waals surface area contributed by atoms with Crippen LogP contribution in [0.5, 0.6) is 0 Å². The van der Waals surface area contributed by atoms with Crippen molar-refractivity contribution in [3.05, 3.63) is 47.4 Å². The summed E-state index contributed by atoms with van der Waals surface area (Å²) < 4.78 is 40.8. The van der Waals surface area contributed by atoms with Crippen molar-refractivity contribution in [1.82, 2.24) is 19.4 Å². The predicted octanol–water partition coefficient (Wildman–Crippen LogP) is 3.52. The first-order valence-electron chi connectivity index (χ1n) is 5.50. The lowest BCUT2D eigenvalue weighted by Crippen LogP contribution is -1.97. The summed E-state index contributed by atoms with van der Waals surface area (Å²) in [5.41, 5.74) is -0.0563. The summed E-state index contributed by atoms with van der Waals surface area (Å²) in [6, 6.07) is 2.69. The maximum absolute atomic E-state index is 13.7. The van der Waals surface area contributed by atoms with E-state index in [1.807, 2.05) is 0 Å². The van der Waals surface area contributed by atoms with E-state index in [9.17, 15) is 13.2 Å². The molecule has 0 aliphatic carbocycles. The Morgan fingerprint density at radius 3 is 2.75 bits per heavy atom. The highest BCUT2D eigenvalue weighted by Crippen LogP contribution is 2.27. The number of rotatable bonds is 2. The van der Waals surface area contributed by atoms with Gasteiger partial charge >= 0.3 is 0 Å². The number of nitrogens with zero attached hydrogens (tertiary/aromatic N) is 4. The van der Waals surface area contributed by atoms with Crippen LogP contribution in [0.4, 0.5) is 13.2 Å². The quantitative estimate of drug-likeness (QED) is 0.680. The van der Waals surface area contributed by atoms with Crippen LogP contribution in [0, 0.1) is 5.82 Å². The molecule has 102 valence electrons. The van der Waals surface area contributed by atoms with Crippen LogP contribution >= 0.6 is 11.6 Å². The molecule has 0 aromatic carbocycles. The Labute approximate surface area is 115 Å². The first kappa shape index (κ1) is 12.9. The van der Waals surface area contributed by atoms with Crippen molar-refractivity contribution in [3.63, 3.8) is 0 Å². The third-order valence-electron chi connectivity index (χ3n) is 2.76. The summed E-state index contributed by atoms with van der Waals surface area (Å²) in [5, 5.41) is -0.138. The van der Waals surface area contributed by atoms with Gasteiger partial charge in [0.25, 0.3) is 6.43 Å². The van der Waals surface area contributed by atoms with E-state index >= 15 is 0 Å². The van der Waals surface area contributed by atoms with E-state index in [2.05, 4.69) is 15.0 Å². The zero-order chi connectivity index (χ0) is 14.3. The Morgan fingerprint density at radius 1 is 1.20 bits per heavy atom. The van der Waals surface area contributed by atoms with Crippen molar-refractivity contribution in [2.24, 2.45) is 0 Å². The van der Waals surface area contributed by atoms with Crippen molar-refractivity contribution >= 4 is 17.2 Å². The van der Waals surface area contributed by atoms with Gasteiger partial charge in [0, 0.05) is 6.20 Å². The smallest absolute Gasteiger partial charge is 0.267 e. The molecule has 0 aliphatic heterocycles. The molecule has 3 aromatic rings. The van der Waals surface area contributed by atoms with Crippen LogP contribution in [-0.2, 0) is 0 Å². The molecule has 4 nitrogen and oxygen atoms in total. The van der Waals surface area contributed by atoms with Gasteiger partial charge in [0.15, 0.2) is 5.82 Å². The van der Waals surface area contributed by atoms with Crippen LogP contribution in [0.3, 0.4) is 0 Å². The molecule has 0 bridgehead atoms. The summed E-state index contributed by atoms with van der Waals surface area (Å²) in [5.74, 6) is -0.710. The maximum atomic E-state index is 13.7. The Bertz CT molecular complexity index is 787. The first-order chi connectivity index (χ1) is 9.58. The third kappa shape index (κ3) is 2.00. The molecule has 0 amide bonds. The lowest BCUT2D eigenvalue weighted by atomic mass is 10.2. The summed E-state index contributed by atoms with van der Waals surface area (Å²) in [6.45, 7) is 0. The van der Waals surface area contributed by atoms with Crippen molar-refractivity contribution in [2.75, 3.05) is 0 Å². The second-order valence-electron chi connectivity index (χ2n) is 3.94. The molecule has 3 rings (SSSR count). The van der Waals surface area contributed by atoms with E-state index in [-0.39, 0.29) is 27.9 Å². The second-order valence-corrected chi connectivity index (χ2v) is 4.27. The van der Waals surface area contributed by atoms with Gasteiger partial charge in [0.05, 0.1) is 23.7 Å². The predicted molar refractivity (Wildman–Crippen MR) is 66.1 cm³/mol. The van der Waals surface area contributed by atoms with Crippen LogP contribution in [-0.4, -0.2) is 19.4 Å². The summed E-state index contributed by atoms with van der Waals surface area (Å²) >= 11 is 5.63. The average molecular weight is 299 g/mol. The largest absolute Gasteiger partial charge is 0.298 e. The molecule has 8 heteroatoms. The van der Waals surface area contributed by atoms with Crippen molar-refractivity contribution in [1.29, 1.82) is 0 Å². The molecular formula is C12H6ClF3N4. The Morgan fingerprint density at radius 2 is 2.00 bits per heavy atom. The van der Waals surface area contributed by atoms with E-state index in [1.165, 1.54) is 28.9 Å². The van der Waals surface area contributed by atoms with Gasteiger partial charge in [-0.2, -0.15) is 0 Å². The van der Waals surface area contributed by atoms with E-state index in [4.69, 9.17) is 11.6 Å². The van der Waals surface area contributed by atoms with Crippen LogP contribution in [0.1, 0.15) is 12.0 Å². The molecule has 20 heavy (non-hydrogen) atoms. The minimum absolute atomic E-state index is 0.0478. The minimum atomic E-state index is -2.67. The molecule has 3 aromatic heterocycles. The zero-order valence-corrected chi connectivity index (χ0v) is 10.5. The van der Waals surface area contributed by atoms with Gasteiger partial charge in [0.2, 0.25) is 5.28 Å². The fourth-order valence-corrected chi connectivity index (χ4v) is 2.04. The van der Waals surface area contributed by atoms with Gasteiger partial charge in [-0.3, -0.25) is 4.40 Å². The molecule has 0 atom stereocenters. The molecular weight excluding hydrogens is 293 g/mol.